The summed E-state index contributed by atoms with van der Waals surface area (Å²) in [4.78, 5) is 11.7. The largest absolute Gasteiger partial charge is 0.370 e. The number of amides is 1. The lowest BCUT2D eigenvalue weighted by Gasteiger charge is -2.18. The van der Waals surface area contributed by atoms with Crippen LogP contribution in [-0.2, 0) is 4.79 Å². The minimum absolute atomic E-state index is 0.361. The molecule has 3 nitrogen and oxygen atoms in total. The van der Waals surface area contributed by atoms with Crippen molar-refractivity contribution >= 4 is 62.3 Å². The van der Waals surface area contributed by atoms with Crippen molar-refractivity contribution in [1.29, 1.82) is 0 Å². The molecule has 0 spiro atoms. The zero-order chi connectivity index (χ0) is 15.6. The van der Waals surface area contributed by atoms with Crippen LogP contribution in [0.3, 0.4) is 0 Å². The Morgan fingerprint density at radius 1 is 1.05 bits per heavy atom. The second kappa shape index (κ2) is 6.88. The van der Waals surface area contributed by atoms with Gasteiger partial charge < -0.3 is 11.1 Å². The lowest BCUT2D eigenvalue weighted by molar-refractivity contribution is -0.118. The first kappa shape index (κ1) is 16.4. The van der Waals surface area contributed by atoms with Crippen molar-refractivity contribution in [1.82, 2.24) is 0 Å². The van der Waals surface area contributed by atoms with E-state index in [9.17, 15) is 4.79 Å². The quantitative estimate of drug-likeness (QED) is 0.744. The van der Waals surface area contributed by atoms with Crippen molar-refractivity contribution in [3.05, 3.63) is 61.5 Å². The highest BCUT2D eigenvalue weighted by atomic mass is 79.9. The average Bonchev–Trinajstić information content (AvgIpc) is 2.43. The summed E-state index contributed by atoms with van der Waals surface area (Å²) >= 11 is 21.1. The first-order valence-corrected chi connectivity index (χ1v) is 7.77. The molecule has 1 atom stereocenters. The predicted octanol–water partition coefficient (Wildman–Crippen LogP) is 5.05. The fraction of sp³-hybridized carbons (Fsp3) is 0.0714. The van der Waals surface area contributed by atoms with Crippen molar-refractivity contribution in [2.75, 3.05) is 5.32 Å². The number of halogens is 4. The third-order valence-electron chi connectivity index (χ3n) is 2.79. The Labute approximate surface area is 145 Å². The monoisotopic (exact) mass is 406 g/mol. The van der Waals surface area contributed by atoms with E-state index in [4.69, 9.17) is 40.5 Å². The molecule has 2 rings (SSSR count). The fourth-order valence-electron chi connectivity index (χ4n) is 1.76. The van der Waals surface area contributed by atoms with Crippen LogP contribution in [0.2, 0.25) is 15.1 Å². The van der Waals surface area contributed by atoms with E-state index in [0.29, 0.717) is 30.8 Å². The van der Waals surface area contributed by atoms with Crippen molar-refractivity contribution in [2.45, 2.75) is 6.04 Å². The molecular formula is C14H10BrCl3N2O. The SMILES string of the molecule is NC(=O)C(Nc1ccc(Cl)c(Br)c1)c1ccc(Cl)c(Cl)c1. The number of primary amides is 1. The Balaban J connectivity index is 2.32. The lowest BCUT2D eigenvalue weighted by atomic mass is 10.1. The van der Waals surface area contributed by atoms with E-state index in [1.165, 1.54) is 0 Å². The van der Waals surface area contributed by atoms with Crippen molar-refractivity contribution < 1.29 is 4.79 Å². The molecule has 110 valence electrons. The van der Waals surface area contributed by atoms with Crippen molar-refractivity contribution in [3.63, 3.8) is 0 Å². The maximum absolute atomic E-state index is 11.7. The highest BCUT2D eigenvalue weighted by molar-refractivity contribution is 9.10. The van der Waals surface area contributed by atoms with Crippen LogP contribution < -0.4 is 11.1 Å². The third kappa shape index (κ3) is 4.04. The molecule has 0 bridgehead atoms. The Kier molecular flexibility index (Phi) is 5.38. The standard InChI is InChI=1S/C14H10BrCl3N2O/c15-9-6-8(2-4-10(9)16)20-13(14(19)21)7-1-3-11(17)12(18)5-7/h1-6,13,20H,(H2,19,21). The summed E-state index contributed by atoms with van der Waals surface area (Å²) in [5.41, 5.74) is 6.78. The molecule has 0 saturated heterocycles. The maximum atomic E-state index is 11.7. The summed E-state index contributed by atoms with van der Waals surface area (Å²) in [6, 6.07) is 9.41. The molecular weight excluding hydrogens is 398 g/mol. The number of rotatable bonds is 4. The van der Waals surface area contributed by atoms with E-state index in [1.807, 2.05) is 0 Å². The zero-order valence-corrected chi connectivity index (χ0v) is 14.4. The maximum Gasteiger partial charge on any atom is 0.244 e. The van der Waals surface area contributed by atoms with Crippen LogP contribution in [0, 0.1) is 0 Å². The summed E-state index contributed by atoms with van der Waals surface area (Å²) in [7, 11) is 0. The molecule has 2 aromatic carbocycles. The van der Waals surface area contributed by atoms with Crippen molar-refractivity contribution in [3.8, 4) is 0 Å². The van der Waals surface area contributed by atoms with Gasteiger partial charge in [-0.15, -0.1) is 0 Å². The Bertz CT molecular complexity index is 694. The third-order valence-corrected chi connectivity index (χ3v) is 4.75. The smallest absolute Gasteiger partial charge is 0.244 e. The van der Waals surface area contributed by atoms with Gasteiger partial charge in [-0.1, -0.05) is 40.9 Å². The molecule has 0 radical (unpaired) electrons. The highest BCUT2D eigenvalue weighted by Crippen LogP contribution is 2.30. The molecule has 1 unspecified atom stereocenters. The Hall–Kier alpha value is -0.940. The van der Waals surface area contributed by atoms with E-state index < -0.39 is 11.9 Å². The normalized spacial score (nSPS) is 12.0. The molecule has 0 aromatic heterocycles. The number of nitrogens with one attached hydrogen (secondary N) is 1. The van der Waals surface area contributed by atoms with Crippen LogP contribution in [0.25, 0.3) is 0 Å². The van der Waals surface area contributed by atoms with Crippen LogP contribution in [0.5, 0.6) is 0 Å². The number of hydrogen-bond acceptors (Lipinski definition) is 2. The number of carbonyl (C=O) groups is 1. The molecule has 0 heterocycles. The van der Waals surface area contributed by atoms with Crippen LogP contribution in [0.15, 0.2) is 40.9 Å². The van der Waals surface area contributed by atoms with Gasteiger partial charge in [-0.05, 0) is 51.8 Å². The minimum Gasteiger partial charge on any atom is -0.370 e. The molecule has 0 aliphatic heterocycles. The van der Waals surface area contributed by atoms with Gasteiger partial charge in [0.2, 0.25) is 5.91 Å². The molecule has 0 aliphatic rings. The number of carbonyl (C=O) groups excluding carboxylic acids is 1. The van der Waals surface area contributed by atoms with Gasteiger partial charge in [-0.3, -0.25) is 4.79 Å². The first-order valence-electron chi connectivity index (χ1n) is 5.84. The number of hydrogen-bond donors (Lipinski definition) is 2. The van der Waals surface area contributed by atoms with Crippen molar-refractivity contribution in [2.24, 2.45) is 5.73 Å². The highest BCUT2D eigenvalue weighted by Gasteiger charge is 2.19. The topological polar surface area (TPSA) is 55.1 Å². The number of anilines is 1. The first-order chi connectivity index (χ1) is 9.88. The van der Waals surface area contributed by atoms with Crippen LogP contribution in [-0.4, -0.2) is 5.91 Å². The summed E-state index contributed by atoms with van der Waals surface area (Å²) in [5.74, 6) is -0.528. The van der Waals surface area contributed by atoms with E-state index in [-0.39, 0.29) is 0 Å². The second-order valence-electron chi connectivity index (χ2n) is 4.28. The molecule has 21 heavy (non-hydrogen) atoms. The van der Waals surface area contributed by atoms with Crippen LogP contribution >= 0.6 is 50.7 Å². The molecule has 0 saturated carbocycles. The van der Waals surface area contributed by atoms with Gasteiger partial charge >= 0.3 is 0 Å². The molecule has 7 heteroatoms. The predicted molar refractivity (Wildman–Crippen MR) is 91.2 cm³/mol. The molecule has 0 aliphatic carbocycles. The van der Waals surface area contributed by atoms with E-state index in [1.54, 1.807) is 36.4 Å². The minimum atomic E-state index is -0.729. The van der Waals surface area contributed by atoms with Crippen LogP contribution in [0.1, 0.15) is 11.6 Å². The van der Waals surface area contributed by atoms with Gasteiger partial charge in [0.25, 0.3) is 0 Å². The van der Waals surface area contributed by atoms with Gasteiger partial charge in [0.1, 0.15) is 6.04 Å². The summed E-state index contributed by atoms with van der Waals surface area (Å²) in [5, 5.41) is 4.39. The lowest BCUT2D eigenvalue weighted by Crippen LogP contribution is -2.27. The molecule has 1 amide bonds. The molecule has 3 N–H and O–H groups in total. The van der Waals surface area contributed by atoms with Gasteiger partial charge in [-0.25, -0.2) is 0 Å². The average molecular weight is 409 g/mol. The zero-order valence-electron chi connectivity index (χ0n) is 10.5. The number of benzene rings is 2. The summed E-state index contributed by atoms with van der Waals surface area (Å²) in [6.45, 7) is 0. The Morgan fingerprint density at radius 3 is 2.29 bits per heavy atom. The van der Waals surface area contributed by atoms with Gasteiger partial charge in [0.15, 0.2) is 0 Å². The second-order valence-corrected chi connectivity index (χ2v) is 6.36. The van der Waals surface area contributed by atoms with Gasteiger partial charge in [0, 0.05) is 10.2 Å². The Morgan fingerprint density at radius 2 is 1.71 bits per heavy atom. The summed E-state index contributed by atoms with van der Waals surface area (Å²) < 4.78 is 0.714. The fourth-order valence-corrected chi connectivity index (χ4v) is 2.57. The van der Waals surface area contributed by atoms with E-state index >= 15 is 0 Å². The number of nitrogens with two attached hydrogens (primary N) is 1. The van der Waals surface area contributed by atoms with Crippen LogP contribution in [0.4, 0.5) is 5.69 Å². The van der Waals surface area contributed by atoms with E-state index in [2.05, 4.69) is 21.2 Å². The molecule has 0 fully saturated rings. The molecule has 2 aromatic rings. The van der Waals surface area contributed by atoms with Gasteiger partial charge in [0.05, 0.1) is 15.1 Å². The van der Waals surface area contributed by atoms with Gasteiger partial charge in [-0.2, -0.15) is 0 Å². The van der Waals surface area contributed by atoms with E-state index in [0.717, 1.165) is 0 Å². The summed E-state index contributed by atoms with van der Waals surface area (Å²) in [6.07, 6.45) is 0.